The molecule has 0 spiro atoms. The number of nitrogens with zero attached hydrogens (tertiary/aromatic N) is 1. The van der Waals surface area contributed by atoms with Crippen LogP contribution >= 0.6 is 24.0 Å². The van der Waals surface area contributed by atoms with E-state index in [-0.39, 0.29) is 22.2 Å². The van der Waals surface area contributed by atoms with Crippen molar-refractivity contribution < 1.29 is 24.6 Å². The van der Waals surface area contributed by atoms with Crippen LogP contribution in [0, 0.1) is 0 Å². The molecule has 28 heavy (non-hydrogen) atoms. The molecule has 2 aromatic carbocycles. The number of anilines is 1. The molecule has 0 radical (unpaired) electrons. The van der Waals surface area contributed by atoms with Gasteiger partial charge in [-0.05, 0) is 48.0 Å². The highest BCUT2D eigenvalue weighted by atomic mass is 32.2. The molecule has 1 aliphatic rings. The number of rotatable bonds is 5. The van der Waals surface area contributed by atoms with E-state index >= 15 is 0 Å². The second-order valence-corrected chi connectivity index (χ2v) is 7.47. The number of hydrogen-bond acceptors (Lipinski definition) is 6. The molecule has 3 N–H and O–H groups in total. The molecule has 3 rings (SSSR count). The first kappa shape index (κ1) is 19.6. The lowest BCUT2D eigenvalue weighted by Crippen LogP contribution is -2.36. The Balaban J connectivity index is 1.66. The van der Waals surface area contributed by atoms with Gasteiger partial charge in [-0.25, -0.2) is 4.79 Å². The van der Waals surface area contributed by atoms with Crippen molar-refractivity contribution in [2.45, 2.75) is 0 Å². The van der Waals surface area contributed by atoms with Crippen molar-refractivity contribution in [3.63, 3.8) is 0 Å². The van der Waals surface area contributed by atoms with Crippen molar-refractivity contribution in [1.29, 1.82) is 0 Å². The van der Waals surface area contributed by atoms with Crippen molar-refractivity contribution in [1.82, 2.24) is 4.90 Å². The SMILES string of the molecule is O=C(CN1C(=O)/C(=C/c2cccc(O)c2)SC1=S)Nc1ccc(C(=O)O)cc1. The number of thiocarbonyl (C=S) groups is 1. The Morgan fingerprint density at radius 2 is 1.89 bits per heavy atom. The molecule has 0 aromatic heterocycles. The van der Waals surface area contributed by atoms with Crippen molar-refractivity contribution in [3.8, 4) is 5.75 Å². The predicted octanol–water partition coefficient (Wildman–Crippen LogP) is 2.93. The Hall–Kier alpha value is -3.17. The van der Waals surface area contributed by atoms with Gasteiger partial charge >= 0.3 is 5.97 Å². The van der Waals surface area contributed by atoms with Gasteiger partial charge in [0.15, 0.2) is 0 Å². The van der Waals surface area contributed by atoms with Crippen molar-refractivity contribution in [2.24, 2.45) is 0 Å². The average molecular weight is 414 g/mol. The predicted molar refractivity (Wildman–Crippen MR) is 110 cm³/mol. The molecule has 2 aromatic rings. The summed E-state index contributed by atoms with van der Waals surface area (Å²) in [5.41, 5.74) is 1.16. The van der Waals surface area contributed by atoms with E-state index in [2.05, 4.69) is 5.32 Å². The fourth-order valence-corrected chi connectivity index (χ4v) is 3.70. The monoisotopic (exact) mass is 414 g/mol. The number of phenols is 1. The van der Waals surface area contributed by atoms with E-state index in [1.54, 1.807) is 18.2 Å². The number of carbonyl (C=O) groups excluding carboxylic acids is 2. The first-order chi connectivity index (χ1) is 13.3. The van der Waals surface area contributed by atoms with Gasteiger partial charge in [0, 0.05) is 5.69 Å². The lowest BCUT2D eigenvalue weighted by atomic mass is 10.2. The molecule has 2 amide bonds. The summed E-state index contributed by atoms with van der Waals surface area (Å²) in [6, 6.07) is 12.1. The molecular formula is C19H14N2O5S2. The minimum absolute atomic E-state index is 0.0810. The van der Waals surface area contributed by atoms with E-state index in [1.165, 1.54) is 41.3 Å². The van der Waals surface area contributed by atoms with Gasteiger partial charge < -0.3 is 15.5 Å². The zero-order valence-corrected chi connectivity index (χ0v) is 15.9. The molecule has 0 atom stereocenters. The molecule has 0 aliphatic carbocycles. The van der Waals surface area contributed by atoms with Gasteiger partial charge in [0.25, 0.3) is 5.91 Å². The Kier molecular flexibility index (Phi) is 5.76. The van der Waals surface area contributed by atoms with Gasteiger partial charge in [-0.1, -0.05) is 36.1 Å². The summed E-state index contributed by atoms with van der Waals surface area (Å²) in [6.07, 6.45) is 1.60. The highest BCUT2D eigenvalue weighted by Crippen LogP contribution is 2.32. The molecule has 1 heterocycles. The van der Waals surface area contributed by atoms with Crippen molar-refractivity contribution in [2.75, 3.05) is 11.9 Å². The van der Waals surface area contributed by atoms with Gasteiger partial charge in [-0.15, -0.1) is 0 Å². The number of carboxylic acid groups (broad SMARTS) is 1. The number of carboxylic acids is 1. The molecule has 0 saturated carbocycles. The molecule has 9 heteroatoms. The third kappa shape index (κ3) is 4.56. The molecule has 1 aliphatic heterocycles. The third-order valence-electron chi connectivity index (χ3n) is 3.76. The van der Waals surface area contributed by atoms with Crippen LogP contribution in [0.1, 0.15) is 15.9 Å². The van der Waals surface area contributed by atoms with Crippen LogP contribution < -0.4 is 5.32 Å². The summed E-state index contributed by atoms with van der Waals surface area (Å²) in [5.74, 6) is -1.83. The number of nitrogens with one attached hydrogen (secondary N) is 1. The number of amides is 2. The number of benzene rings is 2. The van der Waals surface area contributed by atoms with Crippen LogP contribution in [0.2, 0.25) is 0 Å². The van der Waals surface area contributed by atoms with E-state index in [4.69, 9.17) is 17.3 Å². The highest BCUT2D eigenvalue weighted by Gasteiger charge is 2.33. The summed E-state index contributed by atoms with van der Waals surface area (Å²) in [7, 11) is 0. The first-order valence-corrected chi connectivity index (χ1v) is 9.23. The Morgan fingerprint density at radius 3 is 2.54 bits per heavy atom. The van der Waals surface area contributed by atoms with Crippen LogP contribution in [0.15, 0.2) is 53.4 Å². The smallest absolute Gasteiger partial charge is 0.335 e. The maximum Gasteiger partial charge on any atom is 0.335 e. The van der Waals surface area contributed by atoms with E-state index in [0.29, 0.717) is 16.2 Å². The van der Waals surface area contributed by atoms with Gasteiger partial charge in [0.2, 0.25) is 5.91 Å². The standard InChI is InChI=1S/C19H14N2O5S2/c22-14-3-1-2-11(8-14)9-15-17(24)21(19(27)28-15)10-16(23)20-13-6-4-12(5-7-13)18(25)26/h1-9,22H,10H2,(H,20,23)(H,25,26)/b15-9-. The summed E-state index contributed by atoms with van der Waals surface area (Å²) in [4.78, 5) is 37.2. The van der Waals surface area contributed by atoms with Crippen molar-refractivity contribution in [3.05, 3.63) is 64.6 Å². The Bertz CT molecular complexity index is 1000. The molecule has 142 valence electrons. The minimum Gasteiger partial charge on any atom is -0.508 e. The molecule has 0 unspecified atom stereocenters. The molecule has 1 fully saturated rings. The molecular weight excluding hydrogens is 400 g/mol. The second-order valence-electron chi connectivity index (χ2n) is 5.79. The van der Waals surface area contributed by atoms with Crippen LogP contribution in [0.5, 0.6) is 5.75 Å². The fourth-order valence-electron chi connectivity index (χ4n) is 2.44. The number of aromatic carboxylic acids is 1. The summed E-state index contributed by atoms with van der Waals surface area (Å²) in [5, 5.41) is 21.0. The molecule has 7 nitrogen and oxygen atoms in total. The number of carbonyl (C=O) groups is 3. The normalized spacial score (nSPS) is 15.1. The summed E-state index contributed by atoms with van der Waals surface area (Å²) in [6.45, 7) is -0.261. The quantitative estimate of drug-likeness (QED) is 0.510. The third-order valence-corrected chi connectivity index (χ3v) is 5.14. The zero-order valence-electron chi connectivity index (χ0n) is 14.3. The van der Waals surface area contributed by atoms with Gasteiger partial charge in [0.05, 0.1) is 10.5 Å². The van der Waals surface area contributed by atoms with Gasteiger partial charge in [-0.3, -0.25) is 14.5 Å². The van der Waals surface area contributed by atoms with E-state index in [0.717, 1.165) is 11.8 Å². The number of phenolic OH excluding ortho intramolecular Hbond substituents is 1. The van der Waals surface area contributed by atoms with E-state index in [1.807, 2.05) is 0 Å². The first-order valence-electron chi connectivity index (χ1n) is 8.01. The Morgan fingerprint density at radius 1 is 1.18 bits per heavy atom. The lowest BCUT2D eigenvalue weighted by molar-refractivity contribution is -0.126. The van der Waals surface area contributed by atoms with Crippen molar-refractivity contribution >= 4 is 57.8 Å². The van der Waals surface area contributed by atoms with Gasteiger partial charge in [-0.2, -0.15) is 0 Å². The lowest BCUT2D eigenvalue weighted by Gasteiger charge is -2.14. The topological polar surface area (TPSA) is 107 Å². The summed E-state index contributed by atoms with van der Waals surface area (Å²) < 4.78 is 0.257. The number of thioether (sulfide) groups is 1. The highest BCUT2D eigenvalue weighted by molar-refractivity contribution is 8.26. The van der Waals surface area contributed by atoms with Crippen LogP contribution in [0.3, 0.4) is 0 Å². The second kappa shape index (κ2) is 8.24. The van der Waals surface area contributed by atoms with E-state index in [9.17, 15) is 19.5 Å². The van der Waals surface area contributed by atoms with Crippen LogP contribution in [-0.4, -0.2) is 43.8 Å². The number of hydrogen-bond donors (Lipinski definition) is 3. The average Bonchev–Trinajstić information content (AvgIpc) is 2.89. The summed E-state index contributed by atoms with van der Waals surface area (Å²) >= 11 is 6.28. The van der Waals surface area contributed by atoms with Gasteiger partial charge in [0.1, 0.15) is 16.6 Å². The largest absolute Gasteiger partial charge is 0.508 e. The molecule has 1 saturated heterocycles. The van der Waals surface area contributed by atoms with E-state index < -0.39 is 17.8 Å². The Labute approximate surface area is 169 Å². The zero-order chi connectivity index (χ0) is 20.3. The maximum atomic E-state index is 12.6. The van der Waals surface area contributed by atoms with Crippen LogP contribution in [0.4, 0.5) is 5.69 Å². The van der Waals surface area contributed by atoms with Crippen LogP contribution in [-0.2, 0) is 9.59 Å². The van der Waals surface area contributed by atoms with Crippen LogP contribution in [0.25, 0.3) is 6.08 Å². The minimum atomic E-state index is -1.06. The number of aromatic hydroxyl groups is 1. The fraction of sp³-hybridized carbons (Fsp3) is 0.0526. The maximum absolute atomic E-state index is 12.6. The molecule has 0 bridgehead atoms.